The van der Waals surface area contributed by atoms with Gasteiger partial charge in [0.15, 0.2) is 0 Å². The zero-order valence-corrected chi connectivity index (χ0v) is 15.9. The predicted octanol–water partition coefficient (Wildman–Crippen LogP) is 3.47. The topological polar surface area (TPSA) is 9.72 Å². The van der Waals surface area contributed by atoms with Crippen LogP contribution >= 0.6 is 11.6 Å². The Morgan fingerprint density at radius 3 is 2.36 bits per heavy atom. The number of rotatable bonds is 4. The van der Waals surface area contributed by atoms with Crippen molar-refractivity contribution in [1.29, 1.82) is 0 Å². The van der Waals surface area contributed by atoms with Gasteiger partial charge in [0.1, 0.15) is 11.6 Å². The van der Waals surface area contributed by atoms with Crippen molar-refractivity contribution in [2.45, 2.75) is 32.4 Å². The largest absolute Gasteiger partial charge is 0.304 e. The molecule has 3 rings (SSSR count). The van der Waals surface area contributed by atoms with Crippen LogP contribution < -0.4 is 0 Å². The molecule has 0 N–H and O–H groups in total. The van der Waals surface area contributed by atoms with Crippen molar-refractivity contribution in [3.8, 4) is 0 Å². The lowest BCUT2D eigenvalue weighted by Crippen LogP contribution is -2.51. The van der Waals surface area contributed by atoms with Gasteiger partial charge >= 0.3 is 0 Å². The second-order valence-corrected chi connectivity index (χ2v) is 7.92. The van der Waals surface area contributed by atoms with Gasteiger partial charge in [-0.2, -0.15) is 0 Å². The Kier molecular flexibility index (Phi) is 6.31. The molecule has 2 aliphatic rings. The van der Waals surface area contributed by atoms with Crippen molar-refractivity contribution in [2.75, 3.05) is 46.3 Å². The van der Waals surface area contributed by atoms with Gasteiger partial charge in [0.05, 0.1) is 5.02 Å². The zero-order valence-electron chi connectivity index (χ0n) is 15.1. The van der Waals surface area contributed by atoms with Crippen molar-refractivity contribution in [2.24, 2.45) is 5.92 Å². The monoisotopic (exact) mass is 371 g/mol. The summed E-state index contributed by atoms with van der Waals surface area (Å²) in [5, 5.41) is -0.00465. The Labute approximate surface area is 154 Å². The molecular weight excluding hydrogens is 344 g/mol. The summed E-state index contributed by atoms with van der Waals surface area (Å²) in [6, 6.07) is 3.11. The van der Waals surface area contributed by atoms with E-state index in [9.17, 15) is 8.78 Å². The maximum Gasteiger partial charge on any atom is 0.149 e. The molecule has 25 heavy (non-hydrogen) atoms. The number of piperazine rings is 1. The van der Waals surface area contributed by atoms with E-state index in [0.717, 1.165) is 52.1 Å². The number of likely N-dealkylation sites (N-methyl/N-ethyl adjacent to an activating group) is 1. The van der Waals surface area contributed by atoms with Crippen molar-refractivity contribution >= 4 is 11.6 Å². The van der Waals surface area contributed by atoms with Crippen molar-refractivity contribution in [3.05, 3.63) is 34.4 Å². The first kappa shape index (κ1) is 19.0. The van der Waals surface area contributed by atoms with E-state index in [1.54, 1.807) is 0 Å². The number of benzene rings is 1. The average molecular weight is 372 g/mol. The van der Waals surface area contributed by atoms with Gasteiger partial charge in [0.2, 0.25) is 0 Å². The minimum atomic E-state index is -0.616. The first-order valence-corrected chi connectivity index (χ1v) is 9.61. The maximum atomic E-state index is 14.1. The van der Waals surface area contributed by atoms with Crippen molar-refractivity contribution in [1.82, 2.24) is 14.7 Å². The second-order valence-electron chi connectivity index (χ2n) is 7.52. The molecule has 6 heteroatoms. The summed E-state index contributed by atoms with van der Waals surface area (Å²) in [4.78, 5) is 7.11. The van der Waals surface area contributed by atoms with Crippen LogP contribution in [-0.4, -0.2) is 67.1 Å². The smallest absolute Gasteiger partial charge is 0.149 e. The summed E-state index contributed by atoms with van der Waals surface area (Å²) in [6.45, 7) is 8.94. The molecule has 1 aromatic rings. The molecule has 2 saturated heterocycles. The van der Waals surface area contributed by atoms with Crippen molar-refractivity contribution in [3.63, 3.8) is 0 Å². The van der Waals surface area contributed by atoms with Crippen LogP contribution in [0.15, 0.2) is 12.1 Å². The fraction of sp³-hybridized carbons (Fsp3) is 0.684. The van der Waals surface area contributed by atoms with Crippen LogP contribution in [0.4, 0.5) is 8.78 Å². The minimum absolute atomic E-state index is 0.00465. The summed E-state index contributed by atoms with van der Waals surface area (Å²) in [7, 11) is 2.18. The first-order valence-electron chi connectivity index (χ1n) is 9.23. The SMILES string of the molecule is C[C@H](C1CCN(Cc2c(F)ccc(Cl)c2F)CC1)N1CCN(C)CC1. The van der Waals surface area contributed by atoms with E-state index in [1.807, 2.05) is 0 Å². The minimum Gasteiger partial charge on any atom is -0.304 e. The van der Waals surface area contributed by atoms with Crippen molar-refractivity contribution < 1.29 is 8.78 Å². The lowest BCUT2D eigenvalue weighted by Gasteiger charge is -2.42. The van der Waals surface area contributed by atoms with Crippen LogP contribution in [0.5, 0.6) is 0 Å². The number of nitrogens with zero attached hydrogens (tertiary/aromatic N) is 3. The van der Waals surface area contributed by atoms with Gasteiger partial charge in [0, 0.05) is 44.3 Å². The van der Waals surface area contributed by atoms with Crippen LogP contribution in [0.25, 0.3) is 0 Å². The molecule has 0 unspecified atom stereocenters. The summed E-state index contributed by atoms with van der Waals surface area (Å²) in [5.74, 6) is -0.460. The lowest BCUT2D eigenvalue weighted by molar-refractivity contribution is 0.0594. The number of piperidine rings is 1. The highest BCUT2D eigenvalue weighted by Crippen LogP contribution is 2.28. The molecular formula is C19H28ClF2N3. The number of hydrogen-bond acceptors (Lipinski definition) is 3. The predicted molar refractivity (Wildman–Crippen MR) is 97.9 cm³/mol. The first-order chi connectivity index (χ1) is 12.0. The van der Waals surface area contributed by atoms with Crippen LogP contribution in [0.2, 0.25) is 5.02 Å². The average Bonchev–Trinajstić information content (AvgIpc) is 2.62. The molecule has 0 saturated carbocycles. The summed E-state index contributed by atoms with van der Waals surface area (Å²) in [6.07, 6.45) is 2.16. The third-order valence-electron chi connectivity index (χ3n) is 5.95. The second kappa shape index (κ2) is 8.30. The fourth-order valence-corrected chi connectivity index (χ4v) is 4.24. The molecule has 0 aromatic heterocycles. The molecule has 0 spiro atoms. The lowest BCUT2D eigenvalue weighted by atomic mass is 9.89. The van der Waals surface area contributed by atoms with E-state index in [1.165, 1.54) is 12.1 Å². The molecule has 2 aliphatic heterocycles. The molecule has 1 aromatic carbocycles. The molecule has 0 aliphatic carbocycles. The number of halogens is 3. The fourth-order valence-electron chi connectivity index (χ4n) is 4.06. The van der Waals surface area contributed by atoms with E-state index in [0.29, 0.717) is 18.5 Å². The third kappa shape index (κ3) is 4.51. The van der Waals surface area contributed by atoms with Gasteiger partial charge in [0.25, 0.3) is 0 Å². The van der Waals surface area contributed by atoms with Crippen LogP contribution in [-0.2, 0) is 6.54 Å². The Morgan fingerprint density at radius 1 is 1.08 bits per heavy atom. The Bertz CT molecular complexity index is 582. The highest BCUT2D eigenvalue weighted by Gasteiger charge is 2.29. The number of hydrogen-bond donors (Lipinski definition) is 0. The van der Waals surface area contributed by atoms with Gasteiger partial charge in [-0.15, -0.1) is 0 Å². The molecule has 1 atom stereocenters. The van der Waals surface area contributed by atoms with E-state index >= 15 is 0 Å². The molecule has 0 radical (unpaired) electrons. The summed E-state index contributed by atoms with van der Waals surface area (Å²) >= 11 is 5.80. The third-order valence-corrected chi connectivity index (χ3v) is 6.24. The van der Waals surface area contributed by atoms with E-state index in [2.05, 4.69) is 28.7 Å². The van der Waals surface area contributed by atoms with Gasteiger partial charge in [-0.1, -0.05) is 11.6 Å². The molecule has 0 amide bonds. The maximum absolute atomic E-state index is 14.1. The van der Waals surface area contributed by atoms with E-state index < -0.39 is 11.6 Å². The van der Waals surface area contributed by atoms with Gasteiger partial charge in [-0.25, -0.2) is 8.78 Å². The van der Waals surface area contributed by atoms with Crippen LogP contribution in [0.1, 0.15) is 25.3 Å². The summed E-state index contributed by atoms with van der Waals surface area (Å²) in [5.41, 5.74) is 0.0954. The zero-order chi connectivity index (χ0) is 18.0. The molecule has 2 fully saturated rings. The van der Waals surface area contributed by atoms with Gasteiger partial charge in [-0.3, -0.25) is 9.80 Å². The molecule has 2 heterocycles. The quantitative estimate of drug-likeness (QED) is 0.750. The van der Waals surface area contributed by atoms with Gasteiger partial charge < -0.3 is 4.90 Å². The highest BCUT2D eigenvalue weighted by molar-refractivity contribution is 6.30. The molecule has 140 valence electrons. The molecule has 0 bridgehead atoms. The van der Waals surface area contributed by atoms with E-state index in [4.69, 9.17) is 11.6 Å². The Hall–Kier alpha value is -0.750. The Balaban J connectivity index is 1.53. The normalized spacial score (nSPS) is 23.1. The van der Waals surface area contributed by atoms with Crippen LogP contribution in [0, 0.1) is 17.6 Å². The number of likely N-dealkylation sites (tertiary alicyclic amines) is 1. The molecule has 3 nitrogen and oxygen atoms in total. The highest BCUT2D eigenvalue weighted by atomic mass is 35.5. The Morgan fingerprint density at radius 2 is 1.72 bits per heavy atom. The van der Waals surface area contributed by atoms with E-state index in [-0.39, 0.29) is 10.6 Å². The summed E-state index contributed by atoms with van der Waals surface area (Å²) < 4.78 is 28.0. The standard InChI is InChI=1S/C19H28ClF2N3/c1-14(25-11-9-23(2)10-12-25)15-5-7-24(8-6-15)13-16-18(21)4-3-17(20)19(16)22/h3-4,14-15H,5-13H2,1-2H3/t14-/m1/s1. The van der Waals surface area contributed by atoms with Gasteiger partial charge in [-0.05, 0) is 58.0 Å². The van der Waals surface area contributed by atoms with Crippen LogP contribution in [0.3, 0.4) is 0 Å².